The molecule has 0 atom stereocenters. The lowest BCUT2D eigenvalue weighted by molar-refractivity contribution is 0.0229. The molecule has 1 fully saturated rings. The highest BCUT2D eigenvalue weighted by Gasteiger charge is 2.25. The molecule has 53 heavy (non-hydrogen) atoms. The highest BCUT2D eigenvalue weighted by atomic mass is 16.6. The van der Waals surface area contributed by atoms with E-state index >= 15 is 0 Å². The molecule has 0 N–H and O–H groups in total. The van der Waals surface area contributed by atoms with E-state index in [9.17, 15) is 9.59 Å². The fraction of sp³-hybridized carbons (Fsp3) is 0.364. The van der Waals surface area contributed by atoms with Gasteiger partial charge < -0.3 is 14.4 Å². The van der Waals surface area contributed by atoms with E-state index < -0.39 is 11.6 Å². The van der Waals surface area contributed by atoms with E-state index in [1.54, 1.807) is 11.0 Å². The first kappa shape index (κ1) is 38.7. The van der Waals surface area contributed by atoms with Gasteiger partial charge in [-0.2, -0.15) is 0 Å². The van der Waals surface area contributed by atoms with Crippen LogP contribution < -0.4 is 0 Å². The first-order valence-electron chi connectivity index (χ1n) is 18.0. The monoisotopic (exact) mass is 711 g/mol. The van der Waals surface area contributed by atoms with Crippen LogP contribution in [-0.2, 0) is 22.6 Å². The van der Waals surface area contributed by atoms with Crippen molar-refractivity contribution in [3.8, 4) is 23.7 Å². The van der Waals surface area contributed by atoms with E-state index in [1.807, 2.05) is 89.2 Å². The normalized spacial score (nSPS) is 14.1. The Morgan fingerprint density at radius 1 is 0.642 bits per heavy atom. The van der Waals surface area contributed by atoms with Crippen molar-refractivity contribution < 1.29 is 19.1 Å². The number of aromatic nitrogens is 2. The van der Waals surface area contributed by atoms with Gasteiger partial charge in [-0.05, 0) is 90.1 Å². The van der Waals surface area contributed by atoms with Crippen LogP contribution in [0.5, 0.6) is 0 Å². The number of amides is 1. The number of nitrogens with zero attached hydrogens (tertiary/aromatic N) is 5. The van der Waals surface area contributed by atoms with Gasteiger partial charge in [-0.15, -0.1) is 0 Å². The van der Waals surface area contributed by atoms with Gasteiger partial charge in [0.05, 0.1) is 18.5 Å². The lowest BCUT2D eigenvalue weighted by Crippen LogP contribution is -2.42. The summed E-state index contributed by atoms with van der Waals surface area (Å²) in [5, 5.41) is 0. The average Bonchev–Trinajstić information content (AvgIpc) is 3.20. The lowest BCUT2D eigenvalue weighted by atomic mass is 10.1. The number of carbonyl (C=O) groups excluding carboxylic acids is 2. The maximum absolute atomic E-state index is 13.4. The van der Waals surface area contributed by atoms with Crippen molar-refractivity contribution in [3.05, 3.63) is 129 Å². The number of hydrogen-bond donors (Lipinski definition) is 0. The Hall–Kier alpha value is -5.48. The van der Waals surface area contributed by atoms with Crippen molar-refractivity contribution >= 4 is 12.1 Å². The van der Waals surface area contributed by atoms with Crippen LogP contribution in [0.25, 0.3) is 0 Å². The van der Waals surface area contributed by atoms with Crippen LogP contribution in [0.3, 0.4) is 0 Å². The minimum atomic E-state index is -0.620. The number of benzene rings is 2. The molecule has 2 aromatic heterocycles. The summed E-state index contributed by atoms with van der Waals surface area (Å²) in [6.45, 7) is 16.4. The van der Waals surface area contributed by atoms with Crippen LogP contribution in [0.2, 0.25) is 0 Å². The van der Waals surface area contributed by atoms with Crippen LogP contribution in [0, 0.1) is 44.5 Å². The molecule has 274 valence electrons. The van der Waals surface area contributed by atoms with Gasteiger partial charge in [0.25, 0.3) is 0 Å². The quantitative estimate of drug-likeness (QED) is 0.170. The number of pyridine rings is 2. The van der Waals surface area contributed by atoms with Gasteiger partial charge in [-0.25, -0.2) is 14.6 Å². The molecule has 1 aliphatic rings. The van der Waals surface area contributed by atoms with Crippen molar-refractivity contribution in [2.75, 3.05) is 46.4 Å². The molecular formula is C44H49N5O4. The summed E-state index contributed by atoms with van der Waals surface area (Å²) in [6, 6.07) is 23.8. The number of esters is 1. The van der Waals surface area contributed by atoms with Crippen LogP contribution in [-0.4, -0.2) is 88.7 Å². The van der Waals surface area contributed by atoms with Crippen molar-refractivity contribution in [1.82, 2.24) is 24.7 Å². The second-order valence-corrected chi connectivity index (χ2v) is 14.5. The molecule has 1 aliphatic heterocycles. The zero-order valence-corrected chi connectivity index (χ0v) is 32.0. The SMILES string of the molecule is COC(=O)c1cc(C#Cc2ccc(C)cc2)cc(CN2CCN(Cc3cc(C#Cc4ccc(C)cc4)cc(C)n3)CCN(C(=O)OC(C)(C)C)CC2)n1. The van der Waals surface area contributed by atoms with Crippen molar-refractivity contribution in [2.24, 2.45) is 0 Å². The van der Waals surface area contributed by atoms with Crippen LogP contribution in [0.4, 0.5) is 4.79 Å². The summed E-state index contributed by atoms with van der Waals surface area (Å²) < 4.78 is 10.8. The molecule has 0 unspecified atom stereocenters. The van der Waals surface area contributed by atoms with Gasteiger partial charge in [0, 0.05) is 80.3 Å². The molecule has 9 heteroatoms. The summed E-state index contributed by atoms with van der Waals surface area (Å²) in [5.74, 6) is 12.5. The summed E-state index contributed by atoms with van der Waals surface area (Å²) in [6.07, 6.45) is -0.346. The third-order valence-electron chi connectivity index (χ3n) is 8.61. The Labute approximate surface area is 314 Å². The van der Waals surface area contributed by atoms with Crippen LogP contribution >= 0.6 is 0 Å². The molecule has 1 amide bonds. The number of hydrogen-bond acceptors (Lipinski definition) is 8. The third-order valence-corrected chi connectivity index (χ3v) is 8.61. The third kappa shape index (κ3) is 12.3. The highest BCUT2D eigenvalue weighted by Crippen LogP contribution is 2.16. The number of rotatable bonds is 5. The predicted molar refractivity (Wildman–Crippen MR) is 207 cm³/mol. The Balaban J connectivity index is 1.39. The van der Waals surface area contributed by atoms with Gasteiger partial charge in [0.2, 0.25) is 0 Å². The largest absolute Gasteiger partial charge is 0.464 e. The molecular weight excluding hydrogens is 663 g/mol. The number of ether oxygens (including phenoxy) is 2. The van der Waals surface area contributed by atoms with E-state index in [2.05, 4.69) is 57.5 Å². The molecule has 2 aromatic carbocycles. The molecule has 9 nitrogen and oxygen atoms in total. The zero-order valence-electron chi connectivity index (χ0n) is 32.0. The fourth-order valence-electron chi connectivity index (χ4n) is 5.83. The molecule has 0 saturated carbocycles. The van der Waals surface area contributed by atoms with Gasteiger partial charge in [-0.3, -0.25) is 14.8 Å². The molecule has 0 aliphatic carbocycles. The smallest absolute Gasteiger partial charge is 0.410 e. The number of aryl methyl sites for hydroxylation is 3. The zero-order chi connectivity index (χ0) is 38.0. The molecule has 3 heterocycles. The van der Waals surface area contributed by atoms with E-state index in [0.29, 0.717) is 57.1 Å². The molecule has 0 spiro atoms. The highest BCUT2D eigenvalue weighted by molar-refractivity contribution is 5.87. The molecule has 0 radical (unpaired) electrons. The molecule has 1 saturated heterocycles. The molecule has 0 bridgehead atoms. The second kappa shape index (κ2) is 17.8. The van der Waals surface area contributed by atoms with Gasteiger partial charge in [0.1, 0.15) is 11.3 Å². The maximum atomic E-state index is 13.4. The standard InChI is InChI=1S/C44H49N5O4/c1-32-8-12-35(13-9-32)16-18-37-26-34(3)45-39(27-37)30-47-20-21-48(23-25-49(24-22-47)43(51)53-44(4,5)6)31-40-28-38(29-41(46-40)42(50)52-7)19-17-36-14-10-33(2)11-15-36/h8-15,26-29H,20-25,30-31H2,1-7H3. The summed E-state index contributed by atoms with van der Waals surface area (Å²) >= 11 is 0. The van der Waals surface area contributed by atoms with Gasteiger partial charge in [-0.1, -0.05) is 59.1 Å². The fourth-order valence-corrected chi connectivity index (χ4v) is 5.83. The van der Waals surface area contributed by atoms with Crippen LogP contribution in [0.1, 0.15) is 81.7 Å². The topological polar surface area (TPSA) is 88.1 Å². The van der Waals surface area contributed by atoms with E-state index in [1.165, 1.54) is 12.7 Å². The number of carbonyl (C=O) groups is 2. The first-order chi connectivity index (χ1) is 25.3. The van der Waals surface area contributed by atoms with Crippen molar-refractivity contribution in [1.29, 1.82) is 0 Å². The van der Waals surface area contributed by atoms with Crippen molar-refractivity contribution in [3.63, 3.8) is 0 Å². The Morgan fingerprint density at radius 3 is 1.58 bits per heavy atom. The average molecular weight is 712 g/mol. The minimum absolute atomic E-state index is 0.200. The Bertz CT molecular complexity index is 2030. The number of methoxy groups -OCH3 is 1. The first-order valence-corrected chi connectivity index (χ1v) is 18.0. The second-order valence-electron chi connectivity index (χ2n) is 14.5. The summed E-state index contributed by atoms with van der Waals surface area (Å²) in [4.78, 5) is 41.9. The van der Waals surface area contributed by atoms with Gasteiger partial charge in [0.15, 0.2) is 0 Å². The maximum Gasteiger partial charge on any atom is 0.410 e. The summed E-state index contributed by atoms with van der Waals surface area (Å²) in [5.41, 5.74) is 7.86. The Kier molecular flexibility index (Phi) is 13.0. The molecule has 5 rings (SSSR count). The molecule has 4 aromatic rings. The predicted octanol–water partition coefficient (Wildman–Crippen LogP) is 6.54. The van der Waals surface area contributed by atoms with E-state index in [-0.39, 0.29) is 11.8 Å². The van der Waals surface area contributed by atoms with Gasteiger partial charge >= 0.3 is 12.1 Å². The minimum Gasteiger partial charge on any atom is -0.464 e. The van der Waals surface area contributed by atoms with Crippen LogP contribution in [0.15, 0.2) is 72.8 Å². The van der Waals surface area contributed by atoms with Crippen molar-refractivity contribution in [2.45, 2.75) is 60.2 Å². The lowest BCUT2D eigenvalue weighted by Gasteiger charge is -2.29. The Morgan fingerprint density at radius 2 is 1.09 bits per heavy atom. The summed E-state index contributed by atoms with van der Waals surface area (Å²) in [7, 11) is 1.35. The van der Waals surface area contributed by atoms with E-state index in [4.69, 9.17) is 14.5 Å². The van der Waals surface area contributed by atoms with E-state index in [0.717, 1.165) is 40.2 Å².